The van der Waals surface area contributed by atoms with Crippen molar-refractivity contribution in [2.45, 2.75) is 71.0 Å². The summed E-state index contributed by atoms with van der Waals surface area (Å²) in [5, 5.41) is 3.06. The third kappa shape index (κ3) is 6.02. The van der Waals surface area contributed by atoms with Gasteiger partial charge in [-0.1, -0.05) is 62.6 Å². The number of rotatable bonds is 10. The van der Waals surface area contributed by atoms with Crippen LogP contribution in [0, 0.1) is 0 Å². The normalized spacial score (nSPS) is 18.4. The highest BCUT2D eigenvalue weighted by molar-refractivity contribution is 6.02. The van der Waals surface area contributed by atoms with Gasteiger partial charge in [0.2, 0.25) is 0 Å². The summed E-state index contributed by atoms with van der Waals surface area (Å²) >= 11 is 0. The fraction of sp³-hybridized carbons (Fsp3) is 0.500. The lowest BCUT2D eigenvalue weighted by Crippen LogP contribution is -2.41. The van der Waals surface area contributed by atoms with Crippen molar-refractivity contribution in [3.8, 4) is 0 Å². The Morgan fingerprint density at radius 2 is 1.94 bits per heavy atom. The number of fused-ring (bicyclic) bond motifs is 1. The summed E-state index contributed by atoms with van der Waals surface area (Å²) in [6, 6.07) is 16.3. The summed E-state index contributed by atoms with van der Waals surface area (Å²) in [5.74, 6) is -0.0833. The van der Waals surface area contributed by atoms with Crippen LogP contribution in [0.15, 0.2) is 48.5 Å². The van der Waals surface area contributed by atoms with E-state index in [0.29, 0.717) is 30.8 Å². The van der Waals surface area contributed by atoms with Crippen molar-refractivity contribution in [2.75, 3.05) is 19.6 Å². The first-order valence-corrected chi connectivity index (χ1v) is 12.6. The summed E-state index contributed by atoms with van der Waals surface area (Å²) in [5.41, 5.74) is 3.34. The summed E-state index contributed by atoms with van der Waals surface area (Å²) in [4.78, 5) is 30.1. The summed E-state index contributed by atoms with van der Waals surface area (Å²) in [6.07, 6.45) is 8.78. The number of hydrogen-bond acceptors (Lipinski definition) is 3. The molecule has 5 heteroatoms. The van der Waals surface area contributed by atoms with Gasteiger partial charge in [-0.05, 0) is 55.5 Å². The SMILES string of the molecule is CCCCC1CCCCN1CCCNC(=O)c1ccc2c(c1)C(=O)N(Cc1ccccc1)C2. The number of unbranched alkanes of at least 4 members (excludes halogenated alkanes) is 1. The molecule has 1 fully saturated rings. The Labute approximate surface area is 198 Å². The number of carbonyl (C=O) groups is 2. The van der Waals surface area contributed by atoms with E-state index in [2.05, 4.69) is 17.1 Å². The van der Waals surface area contributed by atoms with Gasteiger partial charge in [0.1, 0.15) is 0 Å². The number of hydrogen-bond donors (Lipinski definition) is 1. The third-order valence-electron chi connectivity index (χ3n) is 7.01. The highest BCUT2D eigenvalue weighted by atomic mass is 16.2. The van der Waals surface area contributed by atoms with Crippen molar-refractivity contribution in [2.24, 2.45) is 0 Å². The van der Waals surface area contributed by atoms with E-state index in [-0.39, 0.29) is 11.8 Å². The molecule has 1 unspecified atom stereocenters. The van der Waals surface area contributed by atoms with Gasteiger partial charge >= 0.3 is 0 Å². The van der Waals surface area contributed by atoms with Gasteiger partial charge in [0, 0.05) is 43.3 Å². The van der Waals surface area contributed by atoms with Crippen molar-refractivity contribution in [1.29, 1.82) is 0 Å². The second-order valence-electron chi connectivity index (χ2n) is 9.46. The second kappa shape index (κ2) is 11.5. The molecule has 1 saturated heterocycles. The van der Waals surface area contributed by atoms with Crippen LogP contribution in [0.2, 0.25) is 0 Å². The molecule has 33 heavy (non-hydrogen) atoms. The maximum absolute atomic E-state index is 12.9. The van der Waals surface area contributed by atoms with Gasteiger partial charge < -0.3 is 15.1 Å². The molecule has 176 valence electrons. The molecule has 2 heterocycles. The van der Waals surface area contributed by atoms with Gasteiger partial charge in [0.15, 0.2) is 0 Å². The van der Waals surface area contributed by atoms with Crippen LogP contribution in [0.25, 0.3) is 0 Å². The molecule has 0 bridgehead atoms. The van der Waals surface area contributed by atoms with E-state index in [1.807, 2.05) is 47.4 Å². The molecule has 0 aromatic heterocycles. The lowest BCUT2D eigenvalue weighted by molar-refractivity contribution is 0.0766. The van der Waals surface area contributed by atoms with Crippen molar-refractivity contribution in [3.63, 3.8) is 0 Å². The van der Waals surface area contributed by atoms with Crippen molar-refractivity contribution >= 4 is 11.8 Å². The zero-order valence-corrected chi connectivity index (χ0v) is 19.9. The van der Waals surface area contributed by atoms with Gasteiger partial charge in [0.25, 0.3) is 11.8 Å². The lowest BCUT2D eigenvalue weighted by atomic mass is 9.97. The number of carbonyl (C=O) groups excluding carboxylic acids is 2. The monoisotopic (exact) mass is 447 g/mol. The van der Waals surface area contributed by atoms with E-state index in [1.165, 1.54) is 45.1 Å². The number of nitrogens with one attached hydrogen (secondary N) is 1. The van der Waals surface area contributed by atoms with E-state index < -0.39 is 0 Å². The Morgan fingerprint density at radius 1 is 1.09 bits per heavy atom. The number of nitrogens with zero attached hydrogens (tertiary/aromatic N) is 2. The molecular weight excluding hydrogens is 410 g/mol. The largest absolute Gasteiger partial charge is 0.352 e. The average Bonchev–Trinajstić information content (AvgIpc) is 3.16. The quantitative estimate of drug-likeness (QED) is 0.521. The van der Waals surface area contributed by atoms with Crippen LogP contribution in [0.3, 0.4) is 0 Å². The van der Waals surface area contributed by atoms with Gasteiger partial charge in [-0.3, -0.25) is 9.59 Å². The second-order valence-corrected chi connectivity index (χ2v) is 9.46. The number of benzene rings is 2. The molecule has 2 aliphatic heterocycles. The minimum absolute atomic E-state index is 0.00622. The Kier molecular flexibility index (Phi) is 8.16. The van der Waals surface area contributed by atoms with Crippen LogP contribution < -0.4 is 5.32 Å². The molecule has 5 nitrogen and oxygen atoms in total. The summed E-state index contributed by atoms with van der Waals surface area (Å²) < 4.78 is 0. The van der Waals surface area contributed by atoms with Crippen molar-refractivity contribution in [1.82, 2.24) is 15.1 Å². The first-order chi connectivity index (χ1) is 16.2. The van der Waals surface area contributed by atoms with Crippen LogP contribution in [0.4, 0.5) is 0 Å². The molecule has 1 atom stereocenters. The Hall–Kier alpha value is -2.66. The zero-order valence-electron chi connectivity index (χ0n) is 19.9. The standard InChI is InChI=1S/C28H37N3O2/c1-2-3-12-25-13-7-8-17-30(25)18-9-16-29-27(32)23-14-15-24-21-31(28(33)26(24)19-23)20-22-10-5-4-6-11-22/h4-6,10-11,14-15,19,25H,2-3,7-9,12-13,16-18,20-21H2,1H3,(H,29,32). The predicted octanol–water partition coefficient (Wildman–Crippen LogP) is 5.01. The molecule has 2 aromatic carbocycles. The Bertz CT molecular complexity index is 943. The Morgan fingerprint density at radius 3 is 2.76 bits per heavy atom. The number of piperidine rings is 1. The minimum Gasteiger partial charge on any atom is -0.352 e. The highest BCUT2D eigenvalue weighted by Crippen LogP contribution is 2.26. The van der Waals surface area contributed by atoms with Gasteiger partial charge in [-0.25, -0.2) is 0 Å². The first kappa shape index (κ1) is 23.5. The maximum Gasteiger partial charge on any atom is 0.254 e. The lowest BCUT2D eigenvalue weighted by Gasteiger charge is -2.36. The molecule has 1 N–H and O–H groups in total. The van der Waals surface area contributed by atoms with Crippen LogP contribution in [0.5, 0.6) is 0 Å². The summed E-state index contributed by atoms with van der Waals surface area (Å²) in [6.45, 7) is 6.35. The van der Waals surface area contributed by atoms with Gasteiger partial charge in [-0.15, -0.1) is 0 Å². The summed E-state index contributed by atoms with van der Waals surface area (Å²) in [7, 11) is 0. The fourth-order valence-electron chi connectivity index (χ4n) is 5.14. The van der Waals surface area contributed by atoms with Gasteiger partial charge in [-0.2, -0.15) is 0 Å². The fourth-order valence-corrected chi connectivity index (χ4v) is 5.14. The van der Waals surface area contributed by atoms with Crippen LogP contribution in [0.1, 0.15) is 83.7 Å². The van der Waals surface area contributed by atoms with E-state index in [9.17, 15) is 9.59 Å². The average molecular weight is 448 g/mol. The number of amides is 2. The molecular formula is C28H37N3O2. The Balaban J connectivity index is 1.27. The van der Waals surface area contributed by atoms with Crippen LogP contribution >= 0.6 is 0 Å². The highest BCUT2D eigenvalue weighted by Gasteiger charge is 2.28. The van der Waals surface area contributed by atoms with E-state index >= 15 is 0 Å². The van der Waals surface area contributed by atoms with E-state index in [1.54, 1.807) is 6.07 Å². The molecule has 0 aliphatic carbocycles. The van der Waals surface area contributed by atoms with Crippen molar-refractivity contribution < 1.29 is 9.59 Å². The molecule has 0 spiro atoms. The molecule has 4 rings (SSSR count). The maximum atomic E-state index is 12.9. The molecule has 2 aliphatic rings. The molecule has 2 amide bonds. The first-order valence-electron chi connectivity index (χ1n) is 12.6. The minimum atomic E-state index is -0.0895. The zero-order chi connectivity index (χ0) is 23.0. The third-order valence-corrected chi connectivity index (χ3v) is 7.01. The van der Waals surface area contributed by atoms with Gasteiger partial charge in [0.05, 0.1) is 0 Å². The smallest absolute Gasteiger partial charge is 0.254 e. The van der Waals surface area contributed by atoms with Crippen LogP contribution in [-0.2, 0) is 13.1 Å². The molecule has 0 saturated carbocycles. The predicted molar refractivity (Wildman–Crippen MR) is 132 cm³/mol. The van der Waals surface area contributed by atoms with Crippen LogP contribution in [-0.4, -0.2) is 47.3 Å². The van der Waals surface area contributed by atoms with E-state index in [4.69, 9.17) is 0 Å². The molecule has 2 aromatic rings. The molecule has 0 radical (unpaired) electrons. The number of likely N-dealkylation sites (tertiary alicyclic amines) is 1. The van der Waals surface area contributed by atoms with Crippen molar-refractivity contribution in [3.05, 3.63) is 70.8 Å². The van der Waals surface area contributed by atoms with E-state index in [0.717, 1.165) is 30.1 Å². The topological polar surface area (TPSA) is 52.7 Å².